The van der Waals surface area contributed by atoms with Gasteiger partial charge in [-0.25, -0.2) is 4.79 Å². The highest BCUT2D eigenvalue weighted by Crippen LogP contribution is 2.23. The lowest BCUT2D eigenvalue weighted by Gasteiger charge is -2.02. The number of nitrogens with zero attached hydrogens (tertiary/aromatic N) is 2. The molecule has 0 unspecified atom stereocenters. The number of allylic oxidation sites excluding steroid dienone is 1. The molecule has 0 radical (unpaired) electrons. The average molecular weight is 331 g/mol. The van der Waals surface area contributed by atoms with Gasteiger partial charge in [-0.05, 0) is 23.3 Å². The van der Waals surface area contributed by atoms with Gasteiger partial charge >= 0.3 is 5.97 Å². The van der Waals surface area contributed by atoms with E-state index < -0.39 is 5.97 Å². The molecule has 0 aromatic heterocycles. The van der Waals surface area contributed by atoms with Crippen molar-refractivity contribution in [1.29, 1.82) is 0 Å². The molecule has 0 heterocycles. The van der Waals surface area contributed by atoms with E-state index >= 15 is 0 Å². The van der Waals surface area contributed by atoms with Crippen LogP contribution >= 0.6 is 11.6 Å². The van der Waals surface area contributed by atoms with Crippen molar-refractivity contribution in [3.05, 3.63) is 66.1 Å². The molecule has 0 aliphatic rings. The summed E-state index contributed by atoms with van der Waals surface area (Å²) in [6, 6.07) is 17.2. The molecule has 6 heteroatoms. The number of carbonyl (C=O) groups is 1. The van der Waals surface area contributed by atoms with E-state index in [1.54, 1.807) is 12.1 Å². The molecule has 0 saturated heterocycles. The van der Waals surface area contributed by atoms with Gasteiger partial charge in [0.15, 0.2) is 0 Å². The van der Waals surface area contributed by atoms with Crippen LogP contribution < -0.4 is 0 Å². The van der Waals surface area contributed by atoms with E-state index in [0.29, 0.717) is 5.69 Å². The number of carbonyl (C=O) groups excluding carboxylic acids is 1. The maximum absolute atomic E-state index is 11.5. The van der Waals surface area contributed by atoms with E-state index in [0.717, 1.165) is 11.1 Å². The third-order valence-corrected chi connectivity index (χ3v) is 3.27. The number of aliphatic hydroxyl groups is 1. The number of aliphatic hydroxyl groups excluding tert-OH is 1. The second-order valence-electron chi connectivity index (χ2n) is 4.53. The largest absolute Gasteiger partial charge is 0.508 e. The van der Waals surface area contributed by atoms with Crippen molar-refractivity contribution in [2.75, 3.05) is 13.0 Å². The molecule has 0 fully saturated rings. The molecule has 2 aromatic carbocycles. The van der Waals surface area contributed by atoms with Gasteiger partial charge in [-0.1, -0.05) is 42.5 Å². The Morgan fingerprint density at radius 3 is 2.26 bits per heavy atom. The zero-order chi connectivity index (χ0) is 16.7. The summed E-state index contributed by atoms with van der Waals surface area (Å²) in [6.45, 7) is 0. The summed E-state index contributed by atoms with van der Waals surface area (Å²) in [5.74, 6) is -1.44. The third-order valence-electron chi connectivity index (χ3n) is 3.02. The molecule has 2 aromatic rings. The third kappa shape index (κ3) is 4.40. The van der Waals surface area contributed by atoms with Gasteiger partial charge in [-0.15, -0.1) is 16.7 Å². The molecule has 0 aliphatic heterocycles. The van der Waals surface area contributed by atoms with Crippen molar-refractivity contribution in [3.8, 4) is 11.1 Å². The van der Waals surface area contributed by atoms with Gasteiger partial charge in [0.1, 0.15) is 5.76 Å². The van der Waals surface area contributed by atoms with Crippen LogP contribution in [0.1, 0.15) is 0 Å². The molecule has 0 amide bonds. The Labute approximate surface area is 138 Å². The van der Waals surface area contributed by atoms with Crippen molar-refractivity contribution < 1.29 is 14.6 Å². The van der Waals surface area contributed by atoms with Gasteiger partial charge in [0, 0.05) is 0 Å². The summed E-state index contributed by atoms with van der Waals surface area (Å²) < 4.78 is 4.53. The molecule has 0 bridgehead atoms. The van der Waals surface area contributed by atoms with E-state index in [-0.39, 0.29) is 17.3 Å². The fourth-order valence-corrected chi connectivity index (χ4v) is 1.96. The lowest BCUT2D eigenvalue weighted by atomic mass is 10.1. The Morgan fingerprint density at radius 1 is 1.09 bits per heavy atom. The molecule has 0 spiro atoms. The molecule has 2 rings (SSSR count). The zero-order valence-corrected chi connectivity index (χ0v) is 13.2. The molecule has 0 atom stereocenters. The Balaban J connectivity index is 2.21. The van der Waals surface area contributed by atoms with E-state index in [1.165, 1.54) is 7.11 Å². The number of halogens is 1. The lowest BCUT2D eigenvalue weighted by molar-refractivity contribution is -0.136. The molecule has 1 N–H and O–H groups in total. The number of hydrogen-bond donors (Lipinski definition) is 1. The number of esters is 1. The van der Waals surface area contributed by atoms with Crippen LogP contribution in [0.5, 0.6) is 0 Å². The number of ether oxygens (including phenoxy) is 1. The number of rotatable bonds is 5. The summed E-state index contributed by atoms with van der Waals surface area (Å²) in [4.78, 5) is 11.5. The first kappa shape index (κ1) is 16.7. The monoisotopic (exact) mass is 330 g/mol. The summed E-state index contributed by atoms with van der Waals surface area (Å²) in [5.41, 5.74) is 2.35. The van der Waals surface area contributed by atoms with E-state index in [2.05, 4.69) is 15.0 Å². The van der Waals surface area contributed by atoms with Crippen LogP contribution in [-0.4, -0.2) is 24.1 Å². The van der Waals surface area contributed by atoms with Crippen molar-refractivity contribution >= 4 is 23.3 Å². The van der Waals surface area contributed by atoms with Crippen LogP contribution in [0.3, 0.4) is 0 Å². The lowest BCUT2D eigenvalue weighted by Crippen LogP contribution is -2.06. The van der Waals surface area contributed by atoms with Gasteiger partial charge in [0.25, 0.3) is 0 Å². The SMILES string of the molecule is COC(=O)/C(N=Nc1ccc(-c2ccccc2)cc1)=C(\O)CCl. The van der Waals surface area contributed by atoms with Gasteiger partial charge < -0.3 is 9.84 Å². The van der Waals surface area contributed by atoms with Crippen molar-refractivity contribution in [3.63, 3.8) is 0 Å². The molecule has 0 aliphatic carbocycles. The molecule has 118 valence electrons. The summed E-state index contributed by atoms with van der Waals surface area (Å²) >= 11 is 5.50. The minimum Gasteiger partial charge on any atom is -0.508 e. The van der Waals surface area contributed by atoms with Crippen LogP contribution in [0.25, 0.3) is 11.1 Å². The summed E-state index contributed by atoms with van der Waals surface area (Å²) in [5, 5.41) is 17.2. The fourth-order valence-electron chi connectivity index (χ4n) is 1.84. The van der Waals surface area contributed by atoms with Crippen molar-refractivity contribution in [2.24, 2.45) is 10.2 Å². The quantitative estimate of drug-likeness (QED) is 0.286. The van der Waals surface area contributed by atoms with Crippen molar-refractivity contribution in [2.45, 2.75) is 0 Å². The molecular weight excluding hydrogens is 316 g/mol. The normalized spacial score (nSPS) is 12.1. The number of azo groups is 1. The standard InChI is InChI=1S/C17H15ClN2O3/c1-23-17(22)16(15(21)11-18)20-19-14-9-7-13(8-10-14)12-5-3-2-4-6-12/h2-10,21H,11H2,1H3/b16-15+,20-19?. The molecular formula is C17H15ClN2O3. The Morgan fingerprint density at radius 2 is 1.70 bits per heavy atom. The van der Waals surface area contributed by atoms with Gasteiger partial charge in [-0.2, -0.15) is 5.11 Å². The highest BCUT2D eigenvalue weighted by Gasteiger charge is 2.15. The number of methoxy groups -OCH3 is 1. The summed E-state index contributed by atoms with van der Waals surface area (Å²) in [6.07, 6.45) is 0. The van der Waals surface area contributed by atoms with Crippen LogP contribution in [0.15, 0.2) is 76.3 Å². The Hall–Kier alpha value is -2.66. The predicted octanol–water partition coefficient (Wildman–Crippen LogP) is 4.62. The minimum atomic E-state index is -0.798. The van der Waals surface area contributed by atoms with Gasteiger partial charge in [-0.3, -0.25) is 0 Å². The summed E-state index contributed by atoms with van der Waals surface area (Å²) in [7, 11) is 1.19. The van der Waals surface area contributed by atoms with E-state index in [9.17, 15) is 9.90 Å². The van der Waals surface area contributed by atoms with Crippen LogP contribution in [0.2, 0.25) is 0 Å². The second-order valence-corrected chi connectivity index (χ2v) is 4.80. The fraction of sp³-hybridized carbons (Fsp3) is 0.118. The predicted molar refractivity (Wildman–Crippen MR) is 88.8 cm³/mol. The van der Waals surface area contributed by atoms with Gasteiger partial charge in [0.05, 0.1) is 18.7 Å². The second kappa shape index (κ2) is 8.10. The van der Waals surface area contributed by atoms with Gasteiger partial charge in [0.2, 0.25) is 5.70 Å². The highest BCUT2D eigenvalue weighted by atomic mass is 35.5. The Bertz CT molecular complexity index is 725. The molecule has 23 heavy (non-hydrogen) atoms. The minimum absolute atomic E-state index is 0.254. The first-order valence-electron chi connectivity index (χ1n) is 6.79. The average Bonchev–Trinajstić information content (AvgIpc) is 2.62. The highest BCUT2D eigenvalue weighted by molar-refractivity contribution is 6.19. The first-order chi connectivity index (χ1) is 11.2. The number of alkyl halides is 1. The number of benzene rings is 2. The smallest absolute Gasteiger partial charge is 0.362 e. The maximum Gasteiger partial charge on any atom is 0.362 e. The van der Waals surface area contributed by atoms with E-state index in [1.807, 2.05) is 42.5 Å². The van der Waals surface area contributed by atoms with Crippen LogP contribution in [-0.2, 0) is 9.53 Å². The van der Waals surface area contributed by atoms with Crippen LogP contribution in [0, 0.1) is 0 Å². The van der Waals surface area contributed by atoms with E-state index in [4.69, 9.17) is 11.6 Å². The van der Waals surface area contributed by atoms with Crippen LogP contribution in [0.4, 0.5) is 5.69 Å². The van der Waals surface area contributed by atoms with Crippen molar-refractivity contribution in [1.82, 2.24) is 0 Å². The topological polar surface area (TPSA) is 71.2 Å². The first-order valence-corrected chi connectivity index (χ1v) is 7.32. The molecule has 5 nitrogen and oxygen atoms in total. The molecule has 0 saturated carbocycles. The Kier molecular flexibility index (Phi) is 5.88. The zero-order valence-electron chi connectivity index (χ0n) is 12.4. The maximum atomic E-state index is 11.5. The number of hydrogen-bond acceptors (Lipinski definition) is 5.